The predicted molar refractivity (Wildman–Crippen MR) is 192 cm³/mol. The molecule has 0 radical (unpaired) electrons. The number of aliphatic hydroxyl groups excluding tert-OH is 1. The Balaban J connectivity index is 0.990. The van der Waals surface area contributed by atoms with Crippen LogP contribution in [0.15, 0.2) is 24.3 Å². The smallest absolute Gasteiger partial charge is 0.172 e. The van der Waals surface area contributed by atoms with Gasteiger partial charge in [-0.05, 0) is 68.4 Å². The van der Waals surface area contributed by atoms with Crippen molar-refractivity contribution >= 4 is 5.78 Å². The maximum atomic E-state index is 14.1. The molecular formula is C42H62O11. The second-order valence-corrected chi connectivity index (χ2v) is 18.0. The molecule has 12 bridgehead atoms. The van der Waals surface area contributed by atoms with Gasteiger partial charge in [-0.25, -0.2) is 0 Å². The Morgan fingerprint density at radius 1 is 0.792 bits per heavy atom. The normalized spacial score (nSPS) is 51.6. The van der Waals surface area contributed by atoms with Gasteiger partial charge in [0, 0.05) is 51.6 Å². The lowest BCUT2D eigenvalue weighted by Crippen LogP contribution is -2.61. The largest absolute Gasteiger partial charge is 0.393 e. The Morgan fingerprint density at radius 2 is 1.55 bits per heavy atom. The summed E-state index contributed by atoms with van der Waals surface area (Å²) in [6.07, 6.45) is 7.30. The lowest BCUT2D eigenvalue weighted by Gasteiger charge is -2.47. The highest BCUT2D eigenvalue weighted by Gasteiger charge is 2.68. The Hall–Kier alpha value is -1.25. The lowest BCUT2D eigenvalue weighted by molar-refractivity contribution is -0.292. The average molecular weight is 743 g/mol. The van der Waals surface area contributed by atoms with Crippen molar-refractivity contribution in [2.45, 2.75) is 214 Å². The molecule has 10 heterocycles. The van der Waals surface area contributed by atoms with Gasteiger partial charge in [-0.3, -0.25) is 4.79 Å². The predicted octanol–water partition coefficient (Wildman–Crippen LogP) is 5.28. The van der Waals surface area contributed by atoms with Crippen LogP contribution in [0, 0.1) is 11.8 Å². The van der Waals surface area contributed by atoms with Crippen LogP contribution in [0.3, 0.4) is 0 Å². The maximum absolute atomic E-state index is 14.1. The molecule has 296 valence electrons. The number of Topliss-reactive ketones (excluding diaryl/α,β-unsaturated/α-hetero) is 1. The number of carbonyl (C=O) groups is 1. The third-order valence-electron chi connectivity index (χ3n) is 14.3. The molecule has 5 unspecified atom stereocenters. The number of ether oxygens (including phenoxy) is 9. The minimum absolute atomic E-state index is 0.00597. The first-order valence-electron chi connectivity index (χ1n) is 21.0. The molecule has 53 heavy (non-hydrogen) atoms. The fourth-order valence-corrected chi connectivity index (χ4v) is 11.6. The second-order valence-electron chi connectivity index (χ2n) is 18.0. The molecule has 10 aliphatic rings. The first-order valence-corrected chi connectivity index (χ1v) is 21.0. The number of fused-ring (bicyclic) bond motifs is 6. The average Bonchev–Trinajstić information content (AvgIpc) is 3.80. The molecule has 0 aliphatic carbocycles. The number of rotatable bonds is 5. The molecule has 0 aromatic heterocycles. The maximum Gasteiger partial charge on any atom is 0.172 e. The molecule has 11 heteroatoms. The molecule has 0 saturated carbocycles. The van der Waals surface area contributed by atoms with Crippen LogP contribution >= 0.6 is 0 Å². The minimum Gasteiger partial charge on any atom is -0.393 e. The number of ketones is 1. The van der Waals surface area contributed by atoms with Gasteiger partial charge >= 0.3 is 0 Å². The Morgan fingerprint density at radius 3 is 2.38 bits per heavy atom. The van der Waals surface area contributed by atoms with Gasteiger partial charge in [0.1, 0.15) is 36.3 Å². The topological polar surface area (TPSA) is 120 Å². The van der Waals surface area contributed by atoms with E-state index < -0.39 is 11.9 Å². The number of aliphatic hydroxyl groups is 1. The Kier molecular flexibility index (Phi) is 10.5. The summed E-state index contributed by atoms with van der Waals surface area (Å²) < 4.78 is 60.3. The molecule has 0 aromatic carbocycles. The summed E-state index contributed by atoms with van der Waals surface area (Å²) in [5, 5.41) is 10.9. The van der Waals surface area contributed by atoms with Gasteiger partial charge in [-0.15, -0.1) is 0 Å². The monoisotopic (exact) mass is 742 g/mol. The van der Waals surface area contributed by atoms with E-state index in [-0.39, 0.29) is 103 Å². The van der Waals surface area contributed by atoms with Crippen LogP contribution in [-0.4, -0.2) is 121 Å². The molecule has 10 fully saturated rings. The van der Waals surface area contributed by atoms with Gasteiger partial charge in [0.15, 0.2) is 5.79 Å². The van der Waals surface area contributed by atoms with Gasteiger partial charge in [0.25, 0.3) is 0 Å². The quantitative estimate of drug-likeness (QED) is 0.371. The first-order chi connectivity index (χ1) is 25.6. The number of methoxy groups -OCH3 is 1. The van der Waals surface area contributed by atoms with Gasteiger partial charge in [0.2, 0.25) is 0 Å². The molecule has 19 atom stereocenters. The minimum atomic E-state index is -0.773. The summed E-state index contributed by atoms with van der Waals surface area (Å²) in [5.74, 6) is -0.528. The number of hydrogen-bond donors (Lipinski definition) is 1. The van der Waals surface area contributed by atoms with Gasteiger partial charge in [-0.2, -0.15) is 0 Å². The zero-order valence-electron chi connectivity index (χ0n) is 31.9. The van der Waals surface area contributed by atoms with E-state index in [4.69, 9.17) is 42.6 Å². The van der Waals surface area contributed by atoms with Gasteiger partial charge in [-0.1, -0.05) is 33.4 Å². The summed E-state index contributed by atoms with van der Waals surface area (Å²) in [6, 6.07) is 0. The zero-order valence-corrected chi connectivity index (χ0v) is 31.9. The summed E-state index contributed by atoms with van der Waals surface area (Å²) in [5.41, 5.74) is 2.23. The van der Waals surface area contributed by atoms with E-state index in [0.717, 1.165) is 62.5 Å². The van der Waals surface area contributed by atoms with Crippen molar-refractivity contribution < 1.29 is 52.5 Å². The van der Waals surface area contributed by atoms with E-state index in [2.05, 4.69) is 27.0 Å². The molecular weight excluding hydrogens is 680 g/mol. The fraction of sp³-hybridized carbons (Fsp3) is 0.881. The Bertz CT molecular complexity index is 1390. The highest BCUT2D eigenvalue weighted by molar-refractivity contribution is 5.79. The molecule has 0 aromatic rings. The number of carbonyl (C=O) groups excluding carboxylic acids is 1. The standard InChI is InChI=1S/C42H62O11/c1-6-7-24(43)18-34-36(45-5)29-17-25(44)16-27-9-11-31-37(48-27)41-40-39(50-31)38-35(51-40)20-42(52-38,53-41)13-12-28-15-22(3)30(46-28)10-8-26-14-21(2)23(4)32(47-26)19-33(29)49-34/h21,24,26-41,43H,3-4,6-20H2,1-2,5H3/t21-,24-,26+,27?,28+,29+,30?,31+,32?,33+,34-,35+,36-,37?,38-,39?,40-,41+,42+/m1/s1. The van der Waals surface area contributed by atoms with Crippen LogP contribution in [0.5, 0.6) is 0 Å². The third kappa shape index (κ3) is 7.06. The van der Waals surface area contributed by atoms with Crippen LogP contribution in [0.1, 0.15) is 110 Å². The van der Waals surface area contributed by atoms with Gasteiger partial charge < -0.3 is 47.7 Å². The molecule has 1 N–H and O–H groups in total. The van der Waals surface area contributed by atoms with E-state index >= 15 is 0 Å². The van der Waals surface area contributed by atoms with E-state index in [1.54, 1.807) is 7.11 Å². The van der Waals surface area contributed by atoms with Gasteiger partial charge in [0.05, 0.1) is 67.1 Å². The number of hydrogen-bond acceptors (Lipinski definition) is 11. The summed E-state index contributed by atoms with van der Waals surface area (Å²) >= 11 is 0. The van der Waals surface area contributed by atoms with E-state index in [0.29, 0.717) is 50.9 Å². The molecule has 10 rings (SSSR count). The van der Waals surface area contributed by atoms with E-state index in [1.165, 1.54) is 0 Å². The SMILES string of the molecule is C=C1C[C@@H]2CC[C@@]34C[C@@H]5O[C@@H]6C(O[C@H]7CCC(CC(=O)C[C@@H]8[C@@H](OC)[C@@H](C[C@H](O)CCC)O[C@H]8CC8O[C@@H](CCC1O2)C[C@@H](C)C8=C)OC7[C@@H]6O3)[C@@H]5O4. The van der Waals surface area contributed by atoms with Crippen molar-refractivity contribution in [1.82, 2.24) is 0 Å². The lowest BCUT2D eigenvalue weighted by atomic mass is 9.81. The molecule has 1 spiro atoms. The van der Waals surface area contributed by atoms with Crippen molar-refractivity contribution in [2.24, 2.45) is 11.8 Å². The van der Waals surface area contributed by atoms with Crippen LogP contribution in [0.2, 0.25) is 0 Å². The van der Waals surface area contributed by atoms with Crippen LogP contribution in [0.25, 0.3) is 0 Å². The second kappa shape index (κ2) is 14.9. The Labute approximate surface area is 314 Å². The van der Waals surface area contributed by atoms with Crippen molar-refractivity contribution in [1.29, 1.82) is 0 Å². The summed E-state index contributed by atoms with van der Waals surface area (Å²) in [6.45, 7) is 13.3. The van der Waals surface area contributed by atoms with Crippen molar-refractivity contribution in [3.8, 4) is 0 Å². The fourth-order valence-electron chi connectivity index (χ4n) is 11.6. The molecule has 0 amide bonds. The zero-order chi connectivity index (χ0) is 36.6. The van der Waals surface area contributed by atoms with Crippen LogP contribution in [0.4, 0.5) is 0 Å². The third-order valence-corrected chi connectivity index (χ3v) is 14.3. The highest BCUT2D eigenvalue weighted by Crippen LogP contribution is 2.54. The molecule has 10 aliphatic heterocycles. The van der Waals surface area contributed by atoms with E-state index in [9.17, 15) is 9.90 Å². The van der Waals surface area contributed by atoms with Crippen LogP contribution in [-0.2, 0) is 47.4 Å². The molecule has 10 saturated heterocycles. The van der Waals surface area contributed by atoms with Crippen molar-refractivity contribution in [3.63, 3.8) is 0 Å². The highest BCUT2D eigenvalue weighted by atomic mass is 16.8. The van der Waals surface area contributed by atoms with Crippen LogP contribution < -0.4 is 0 Å². The van der Waals surface area contributed by atoms with Crippen molar-refractivity contribution in [2.75, 3.05) is 7.11 Å². The molecule has 11 nitrogen and oxygen atoms in total. The summed E-state index contributed by atoms with van der Waals surface area (Å²) in [4.78, 5) is 14.1. The first kappa shape index (κ1) is 37.3. The summed E-state index contributed by atoms with van der Waals surface area (Å²) in [7, 11) is 1.70. The van der Waals surface area contributed by atoms with E-state index in [1.807, 2.05) is 0 Å². The van der Waals surface area contributed by atoms with Crippen molar-refractivity contribution in [3.05, 3.63) is 24.3 Å².